The van der Waals surface area contributed by atoms with Crippen molar-refractivity contribution in [1.29, 1.82) is 0 Å². The van der Waals surface area contributed by atoms with Crippen LogP contribution in [0, 0.1) is 0 Å². The molecule has 5 rings (SSSR count). The van der Waals surface area contributed by atoms with Gasteiger partial charge in [0, 0.05) is 65.6 Å². The fourth-order valence-corrected chi connectivity index (χ4v) is 5.13. The van der Waals surface area contributed by atoms with Crippen LogP contribution in [0.25, 0.3) is 11.2 Å². The maximum atomic E-state index is 12.9. The fraction of sp³-hybridized carbons (Fsp3) is 0.542. The van der Waals surface area contributed by atoms with E-state index in [4.69, 9.17) is 4.98 Å². The van der Waals surface area contributed by atoms with Gasteiger partial charge >= 0.3 is 5.69 Å². The van der Waals surface area contributed by atoms with Crippen LogP contribution >= 0.6 is 0 Å². The van der Waals surface area contributed by atoms with Crippen LogP contribution < -0.4 is 21.0 Å². The van der Waals surface area contributed by atoms with Crippen LogP contribution in [0.2, 0.25) is 0 Å². The Morgan fingerprint density at radius 1 is 0.848 bits per heavy atom. The van der Waals surface area contributed by atoms with Crippen LogP contribution in [0.15, 0.2) is 39.9 Å². The van der Waals surface area contributed by atoms with E-state index in [9.17, 15) is 9.59 Å². The Morgan fingerprint density at radius 3 is 2.33 bits per heavy atom. The van der Waals surface area contributed by atoms with Crippen molar-refractivity contribution in [3.8, 4) is 0 Å². The van der Waals surface area contributed by atoms with E-state index in [2.05, 4.69) is 45.0 Å². The van der Waals surface area contributed by atoms with Crippen molar-refractivity contribution in [2.75, 3.05) is 55.6 Å². The molecule has 0 aliphatic carbocycles. The van der Waals surface area contributed by atoms with Crippen molar-refractivity contribution in [3.63, 3.8) is 0 Å². The molecule has 2 aliphatic heterocycles. The average Bonchev–Trinajstić information content (AvgIpc) is 3.12. The Balaban J connectivity index is 1.26. The molecule has 0 atom stereocenters. The first kappa shape index (κ1) is 21.8. The zero-order chi connectivity index (χ0) is 22.9. The Bertz CT molecular complexity index is 1240. The molecule has 9 heteroatoms. The summed E-state index contributed by atoms with van der Waals surface area (Å²) in [7, 11) is 3.23. The summed E-state index contributed by atoms with van der Waals surface area (Å²) in [6.45, 7) is 7.91. The number of rotatable bonds is 5. The van der Waals surface area contributed by atoms with E-state index in [1.807, 2.05) is 4.57 Å². The number of hydrogen-bond donors (Lipinski definition) is 0. The molecule has 1 saturated heterocycles. The van der Waals surface area contributed by atoms with E-state index in [1.165, 1.54) is 21.9 Å². The molecule has 0 radical (unpaired) electrons. The SMILES string of the molecule is Cn1c(=O)c2c(nc3n2CCCCN3CCCN2CCN(c3ccccc3)CC2)n(C)c1=O. The molecule has 2 aliphatic rings. The number of hydrogen-bond acceptors (Lipinski definition) is 6. The van der Waals surface area contributed by atoms with E-state index >= 15 is 0 Å². The van der Waals surface area contributed by atoms with Gasteiger partial charge in [0.1, 0.15) is 0 Å². The topological polar surface area (TPSA) is 71.5 Å². The van der Waals surface area contributed by atoms with E-state index in [0.717, 1.165) is 77.6 Å². The Hall–Kier alpha value is -3.07. The van der Waals surface area contributed by atoms with Crippen molar-refractivity contribution in [2.24, 2.45) is 14.1 Å². The third-order valence-electron chi connectivity index (χ3n) is 7.07. The first-order chi connectivity index (χ1) is 16.0. The molecule has 0 saturated carbocycles. The highest BCUT2D eigenvalue weighted by Crippen LogP contribution is 2.24. The monoisotopic (exact) mass is 451 g/mol. The number of aryl methyl sites for hydroxylation is 2. The van der Waals surface area contributed by atoms with Gasteiger partial charge in [-0.15, -0.1) is 0 Å². The van der Waals surface area contributed by atoms with Gasteiger partial charge < -0.3 is 14.4 Å². The summed E-state index contributed by atoms with van der Waals surface area (Å²) >= 11 is 0. The largest absolute Gasteiger partial charge is 0.369 e. The molecule has 2 aromatic heterocycles. The molecule has 1 fully saturated rings. The van der Waals surface area contributed by atoms with Crippen LogP contribution in [0.5, 0.6) is 0 Å². The number of aromatic nitrogens is 4. The van der Waals surface area contributed by atoms with Crippen molar-refractivity contribution >= 4 is 22.8 Å². The van der Waals surface area contributed by atoms with E-state index in [0.29, 0.717) is 11.2 Å². The van der Waals surface area contributed by atoms with Gasteiger partial charge in [0.15, 0.2) is 11.2 Å². The lowest BCUT2D eigenvalue weighted by Crippen LogP contribution is -2.47. The second kappa shape index (κ2) is 9.05. The Morgan fingerprint density at radius 2 is 1.58 bits per heavy atom. The van der Waals surface area contributed by atoms with E-state index < -0.39 is 0 Å². The van der Waals surface area contributed by atoms with Crippen molar-refractivity contribution in [2.45, 2.75) is 25.8 Å². The molecule has 0 amide bonds. The Kier molecular flexibility index (Phi) is 5.97. The van der Waals surface area contributed by atoms with Crippen LogP contribution in [0.1, 0.15) is 19.3 Å². The third-order valence-corrected chi connectivity index (χ3v) is 7.07. The number of para-hydroxylation sites is 1. The normalized spacial score (nSPS) is 17.4. The third kappa shape index (κ3) is 4.06. The number of piperazine rings is 1. The lowest BCUT2D eigenvalue weighted by molar-refractivity contribution is 0.255. The molecular formula is C24H33N7O2. The number of nitrogens with zero attached hydrogens (tertiary/aromatic N) is 7. The molecule has 176 valence electrons. The zero-order valence-corrected chi connectivity index (χ0v) is 19.6. The predicted octanol–water partition coefficient (Wildman–Crippen LogP) is 1.25. The lowest BCUT2D eigenvalue weighted by atomic mass is 10.2. The smallest absolute Gasteiger partial charge is 0.332 e. The van der Waals surface area contributed by atoms with Gasteiger partial charge in [-0.2, -0.15) is 4.98 Å². The maximum Gasteiger partial charge on any atom is 0.332 e. The first-order valence-electron chi connectivity index (χ1n) is 12.0. The minimum atomic E-state index is -0.332. The molecule has 0 N–H and O–H groups in total. The maximum absolute atomic E-state index is 12.9. The van der Waals surface area contributed by atoms with Crippen molar-refractivity contribution in [1.82, 2.24) is 23.6 Å². The van der Waals surface area contributed by atoms with Gasteiger partial charge in [-0.05, 0) is 37.9 Å². The molecule has 33 heavy (non-hydrogen) atoms. The quantitative estimate of drug-likeness (QED) is 0.582. The van der Waals surface area contributed by atoms with Gasteiger partial charge in [0.2, 0.25) is 5.95 Å². The summed E-state index contributed by atoms with van der Waals surface area (Å²) in [5, 5.41) is 0. The first-order valence-corrected chi connectivity index (χ1v) is 12.0. The van der Waals surface area contributed by atoms with Crippen LogP contribution in [0.3, 0.4) is 0 Å². The number of anilines is 2. The summed E-state index contributed by atoms with van der Waals surface area (Å²) in [5.41, 5.74) is 1.74. The van der Waals surface area contributed by atoms with Gasteiger partial charge in [0.05, 0.1) is 0 Å². The molecule has 0 bridgehead atoms. The predicted molar refractivity (Wildman–Crippen MR) is 131 cm³/mol. The van der Waals surface area contributed by atoms with Crippen molar-refractivity contribution < 1.29 is 0 Å². The van der Waals surface area contributed by atoms with E-state index in [-0.39, 0.29) is 11.2 Å². The highest BCUT2D eigenvalue weighted by molar-refractivity contribution is 5.74. The fourth-order valence-electron chi connectivity index (χ4n) is 5.13. The molecule has 1 aromatic carbocycles. The van der Waals surface area contributed by atoms with Crippen LogP contribution in [0.4, 0.5) is 11.6 Å². The standard InChI is InChI=1S/C24H33N7O2/c1-26-21-20(22(32)27(2)24(26)33)31-14-7-6-12-30(23(31)25-21)13-8-11-28-15-17-29(18-16-28)19-9-4-3-5-10-19/h3-5,9-10H,6-8,11-18H2,1-2H3. The van der Waals surface area contributed by atoms with Gasteiger partial charge in [-0.1, -0.05) is 18.2 Å². The van der Waals surface area contributed by atoms with Gasteiger partial charge in [-0.3, -0.25) is 18.8 Å². The minimum Gasteiger partial charge on any atom is -0.369 e. The number of benzene rings is 1. The molecular weight excluding hydrogens is 418 g/mol. The second-order valence-electron chi connectivity index (χ2n) is 9.15. The Labute approximate surface area is 193 Å². The summed E-state index contributed by atoms with van der Waals surface area (Å²) < 4.78 is 4.70. The molecule has 4 heterocycles. The lowest BCUT2D eigenvalue weighted by Gasteiger charge is -2.36. The summed E-state index contributed by atoms with van der Waals surface area (Å²) in [5.74, 6) is 0.828. The zero-order valence-electron chi connectivity index (χ0n) is 19.6. The van der Waals surface area contributed by atoms with Crippen molar-refractivity contribution in [3.05, 3.63) is 51.2 Å². The number of imidazole rings is 1. The molecule has 3 aromatic rings. The van der Waals surface area contributed by atoms with E-state index in [1.54, 1.807) is 7.05 Å². The highest BCUT2D eigenvalue weighted by atomic mass is 16.2. The molecule has 0 spiro atoms. The highest BCUT2D eigenvalue weighted by Gasteiger charge is 2.24. The summed E-state index contributed by atoms with van der Waals surface area (Å²) in [4.78, 5) is 37.3. The van der Waals surface area contributed by atoms with Gasteiger partial charge in [0.25, 0.3) is 5.56 Å². The van der Waals surface area contributed by atoms with Crippen LogP contribution in [-0.4, -0.2) is 69.4 Å². The minimum absolute atomic E-state index is 0.259. The molecule has 9 nitrogen and oxygen atoms in total. The average molecular weight is 452 g/mol. The summed E-state index contributed by atoms with van der Waals surface area (Å²) in [6, 6.07) is 10.6. The van der Waals surface area contributed by atoms with Gasteiger partial charge in [-0.25, -0.2) is 4.79 Å². The summed E-state index contributed by atoms with van der Waals surface area (Å²) in [6.07, 6.45) is 3.13. The molecule has 0 unspecified atom stereocenters. The number of fused-ring (bicyclic) bond motifs is 3. The van der Waals surface area contributed by atoms with Crippen LogP contribution in [-0.2, 0) is 20.6 Å². The second-order valence-corrected chi connectivity index (χ2v) is 9.15.